The lowest BCUT2D eigenvalue weighted by atomic mass is 9.54. The number of piperazine rings is 1. The Bertz CT molecular complexity index is 1640. The summed E-state index contributed by atoms with van der Waals surface area (Å²) in [5.41, 5.74) is 4.21. The minimum atomic E-state index is -0.127. The molecule has 11 nitrogen and oxygen atoms in total. The second kappa shape index (κ2) is 11.2. The first-order chi connectivity index (χ1) is 20.9. The van der Waals surface area contributed by atoms with Crippen LogP contribution >= 0.6 is 0 Å². The topological polar surface area (TPSA) is 113 Å². The lowest BCUT2D eigenvalue weighted by Crippen LogP contribution is -2.74. The third-order valence-corrected chi connectivity index (χ3v) is 9.02. The molecule has 8 rings (SSSR count). The smallest absolute Gasteiger partial charge is 0.212 e. The SMILES string of the molecule is BC(B)(c1ccc(OC)nc1)N1C2CC1CN(c1ccc(-c3cc(OCC4CNCCO4)cn4ncc(C#N)c34)cn1)C2. The molecule has 8 heterocycles. The number of methoxy groups -OCH3 is 1. The number of nitriles is 1. The first-order valence-electron chi connectivity index (χ1n) is 14.8. The molecule has 4 aliphatic heterocycles. The number of ether oxygens (including phenoxy) is 3. The molecule has 0 amide bonds. The Hall–Kier alpha value is -4.11. The highest BCUT2D eigenvalue weighted by atomic mass is 16.5. The first kappa shape index (κ1) is 27.7. The monoisotopic (exact) mass is 576 g/mol. The predicted molar refractivity (Wildman–Crippen MR) is 167 cm³/mol. The maximum atomic E-state index is 9.76. The summed E-state index contributed by atoms with van der Waals surface area (Å²) in [6.45, 7) is 4.56. The summed E-state index contributed by atoms with van der Waals surface area (Å²) >= 11 is 0. The summed E-state index contributed by atoms with van der Waals surface area (Å²) in [6.07, 6.45) is 8.40. The van der Waals surface area contributed by atoms with Crippen molar-refractivity contribution in [1.82, 2.24) is 29.8 Å². The number of fused-ring (bicyclic) bond motifs is 3. The van der Waals surface area contributed by atoms with Crippen molar-refractivity contribution in [3.63, 3.8) is 0 Å². The van der Waals surface area contributed by atoms with Crippen LogP contribution in [0.15, 0.2) is 55.1 Å². The molecular weight excluding hydrogens is 542 g/mol. The highest BCUT2D eigenvalue weighted by Crippen LogP contribution is 2.41. The number of nitrogens with one attached hydrogen (secondary N) is 1. The number of nitrogens with zero attached hydrogens (tertiary/aromatic N) is 7. The second-order valence-corrected chi connectivity index (χ2v) is 12.0. The molecule has 3 atom stereocenters. The molecule has 218 valence electrons. The van der Waals surface area contributed by atoms with Gasteiger partial charge in [-0.1, -0.05) is 6.07 Å². The van der Waals surface area contributed by atoms with E-state index in [9.17, 15) is 5.26 Å². The van der Waals surface area contributed by atoms with Crippen molar-refractivity contribution in [1.29, 1.82) is 5.26 Å². The van der Waals surface area contributed by atoms with Crippen LogP contribution in [0.5, 0.6) is 11.6 Å². The highest BCUT2D eigenvalue weighted by molar-refractivity contribution is 6.39. The van der Waals surface area contributed by atoms with E-state index in [-0.39, 0.29) is 11.4 Å². The Morgan fingerprint density at radius 2 is 2.00 bits per heavy atom. The molecule has 0 radical (unpaired) electrons. The molecule has 1 N–H and O–H groups in total. The zero-order valence-corrected chi connectivity index (χ0v) is 24.7. The van der Waals surface area contributed by atoms with E-state index in [0.717, 1.165) is 48.6 Å². The Balaban J connectivity index is 1.09. The summed E-state index contributed by atoms with van der Waals surface area (Å²) in [5, 5.41) is 17.4. The Kier molecular flexibility index (Phi) is 7.21. The molecule has 4 aromatic rings. The molecular formula is C30H34B2N8O3. The summed E-state index contributed by atoms with van der Waals surface area (Å²) in [6, 6.07) is 13.3. The molecule has 3 unspecified atom stereocenters. The largest absolute Gasteiger partial charge is 0.489 e. The van der Waals surface area contributed by atoms with Gasteiger partial charge in [-0.15, -0.1) is 0 Å². The van der Waals surface area contributed by atoms with Crippen molar-refractivity contribution in [2.45, 2.75) is 29.9 Å². The van der Waals surface area contributed by atoms with E-state index >= 15 is 0 Å². The molecule has 4 aliphatic rings. The molecule has 0 aliphatic carbocycles. The number of aromatic nitrogens is 4. The fraction of sp³-hybridized carbons (Fsp3) is 0.400. The number of hydrogen-bond donors (Lipinski definition) is 1. The molecule has 2 bridgehead atoms. The minimum Gasteiger partial charge on any atom is -0.489 e. The van der Waals surface area contributed by atoms with Gasteiger partial charge in [-0.2, -0.15) is 10.4 Å². The normalized spacial score (nSPS) is 22.1. The van der Waals surface area contributed by atoms with E-state index in [0.29, 0.717) is 42.5 Å². The van der Waals surface area contributed by atoms with Crippen LogP contribution in [0.4, 0.5) is 5.82 Å². The molecule has 4 fully saturated rings. The molecule has 13 heteroatoms. The van der Waals surface area contributed by atoms with Crippen LogP contribution in [0, 0.1) is 11.3 Å². The number of anilines is 1. The quantitative estimate of drug-likeness (QED) is 0.296. The second-order valence-electron chi connectivity index (χ2n) is 12.0. The van der Waals surface area contributed by atoms with Crippen molar-refractivity contribution < 1.29 is 14.2 Å². The van der Waals surface area contributed by atoms with Gasteiger partial charge >= 0.3 is 0 Å². The van der Waals surface area contributed by atoms with Gasteiger partial charge in [0.05, 0.1) is 37.2 Å². The van der Waals surface area contributed by atoms with E-state index < -0.39 is 0 Å². The third kappa shape index (κ3) is 5.09. The lowest BCUT2D eigenvalue weighted by molar-refractivity contribution is -0.0304. The van der Waals surface area contributed by atoms with E-state index in [1.807, 2.05) is 30.7 Å². The van der Waals surface area contributed by atoms with E-state index in [4.69, 9.17) is 19.2 Å². The van der Waals surface area contributed by atoms with Crippen molar-refractivity contribution in [2.24, 2.45) is 0 Å². The molecule has 4 saturated heterocycles. The van der Waals surface area contributed by atoms with E-state index in [2.05, 4.69) is 65.2 Å². The van der Waals surface area contributed by atoms with Crippen LogP contribution in [0.25, 0.3) is 16.6 Å². The van der Waals surface area contributed by atoms with Gasteiger partial charge < -0.3 is 24.4 Å². The maximum absolute atomic E-state index is 9.76. The molecule has 43 heavy (non-hydrogen) atoms. The maximum Gasteiger partial charge on any atom is 0.212 e. The Morgan fingerprint density at radius 3 is 2.67 bits per heavy atom. The zero-order valence-electron chi connectivity index (χ0n) is 24.7. The molecule has 0 spiro atoms. The van der Waals surface area contributed by atoms with Crippen LogP contribution in [0.1, 0.15) is 17.5 Å². The van der Waals surface area contributed by atoms with Crippen molar-refractivity contribution in [2.75, 3.05) is 51.4 Å². The Labute approximate surface area is 252 Å². The van der Waals surface area contributed by atoms with Gasteiger partial charge in [-0.05, 0) is 35.5 Å². The highest BCUT2D eigenvalue weighted by Gasteiger charge is 2.51. The van der Waals surface area contributed by atoms with Crippen molar-refractivity contribution in [3.05, 3.63) is 66.2 Å². The van der Waals surface area contributed by atoms with Crippen LogP contribution in [0.3, 0.4) is 0 Å². The summed E-state index contributed by atoms with van der Waals surface area (Å²) in [5.74, 6) is 2.26. The van der Waals surface area contributed by atoms with E-state index in [1.165, 1.54) is 12.0 Å². The van der Waals surface area contributed by atoms with Gasteiger partial charge in [0.1, 0.15) is 46.0 Å². The molecule has 4 aromatic heterocycles. The van der Waals surface area contributed by atoms with Gasteiger partial charge in [0.15, 0.2) is 0 Å². The first-order valence-corrected chi connectivity index (χ1v) is 14.8. The summed E-state index contributed by atoms with van der Waals surface area (Å²) in [4.78, 5) is 14.4. The third-order valence-electron chi connectivity index (χ3n) is 9.02. The lowest BCUT2D eigenvalue weighted by Gasteiger charge is -2.62. The molecule has 0 saturated carbocycles. The zero-order chi connectivity index (χ0) is 29.6. The molecule has 0 aromatic carbocycles. The summed E-state index contributed by atoms with van der Waals surface area (Å²) < 4.78 is 18.9. The fourth-order valence-electron chi connectivity index (χ4n) is 6.85. The average Bonchev–Trinajstić information content (AvgIpc) is 3.47. The number of piperidine rings is 1. The van der Waals surface area contributed by atoms with Gasteiger partial charge in [-0.25, -0.2) is 14.5 Å². The number of morpholine rings is 1. The number of rotatable bonds is 8. The van der Waals surface area contributed by atoms with Crippen molar-refractivity contribution in [3.8, 4) is 28.8 Å². The van der Waals surface area contributed by atoms with E-state index in [1.54, 1.807) is 17.8 Å². The van der Waals surface area contributed by atoms with Gasteiger partial charge in [0.25, 0.3) is 0 Å². The van der Waals surface area contributed by atoms with Crippen LogP contribution in [-0.2, 0) is 10.1 Å². The Morgan fingerprint density at radius 1 is 1.14 bits per heavy atom. The van der Waals surface area contributed by atoms with Crippen LogP contribution < -0.4 is 19.7 Å². The van der Waals surface area contributed by atoms with Gasteiger partial charge in [0.2, 0.25) is 5.88 Å². The van der Waals surface area contributed by atoms with Crippen LogP contribution in [-0.4, -0.2) is 105 Å². The van der Waals surface area contributed by atoms with Crippen LogP contribution in [0.2, 0.25) is 0 Å². The van der Waals surface area contributed by atoms with Gasteiger partial charge in [0, 0.05) is 67.8 Å². The fourth-order valence-corrected chi connectivity index (χ4v) is 6.85. The minimum absolute atomic E-state index is 0.00809. The average molecular weight is 576 g/mol. The van der Waals surface area contributed by atoms with Crippen molar-refractivity contribution >= 4 is 27.0 Å². The number of pyridine rings is 3. The predicted octanol–water partition coefficient (Wildman–Crippen LogP) is 0.378. The van der Waals surface area contributed by atoms with Gasteiger partial charge in [-0.3, -0.25) is 4.90 Å². The number of hydrogen-bond acceptors (Lipinski definition) is 10. The standard InChI is InChI=1S/C30H34B2N8O3/c1-41-28-5-3-21(13-36-28)30(31,32)40-22-8-23(40)16-38(15-22)27-4-2-19(11-35-27)26-9-24(43-18-25-14-34-6-7-42-25)17-39-29(26)20(10-33)12-37-39/h2-5,9,11-13,17,22-23,25,34H,6-8,14-16,18,31-32H2,1H3. The summed E-state index contributed by atoms with van der Waals surface area (Å²) in [7, 11) is 6.20.